The Hall–Kier alpha value is -0.568. The van der Waals surface area contributed by atoms with Crippen LogP contribution < -0.4 is 0 Å². The highest BCUT2D eigenvalue weighted by atomic mass is 27.0. The molecule has 1 fully saturated rings. The SMILES string of the molecule is CC(C)C1CCC(C(=O)O)C(C(=O)O)C1.O.[AlH2]. The van der Waals surface area contributed by atoms with Crippen molar-refractivity contribution >= 4 is 29.3 Å². The van der Waals surface area contributed by atoms with Crippen molar-refractivity contribution in [2.75, 3.05) is 0 Å². The molecule has 6 heteroatoms. The highest BCUT2D eigenvalue weighted by Gasteiger charge is 2.39. The average Bonchev–Trinajstić information content (AvgIpc) is 2.16. The van der Waals surface area contributed by atoms with E-state index in [-0.39, 0.29) is 22.8 Å². The van der Waals surface area contributed by atoms with Gasteiger partial charge in [0.2, 0.25) is 0 Å². The molecule has 0 aliphatic heterocycles. The summed E-state index contributed by atoms with van der Waals surface area (Å²) in [4.78, 5) is 21.9. The molecule has 0 amide bonds. The molecule has 3 unspecified atom stereocenters. The fraction of sp³-hybridized carbons (Fsp3) is 0.818. The molecule has 0 spiro atoms. The third-order valence-electron chi connectivity index (χ3n) is 3.47. The van der Waals surface area contributed by atoms with Crippen molar-refractivity contribution in [1.29, 1.82) is 0 Å². The van der Waals surface area contributed by atoms with Gasteiger partial charge >= 0.3 is 11.9 Å². The second-order valence-electron chi connectivity index (χ2n) is 4.71. The highest BCUT2D eigenvalue weighted by molar-refractivity contribution is 5.80. The summed E-state index contributed by atoms with van der Waals surface area (Å²) in [6.07, 6.45) is 1.83. The Labute approximate surface area is 112 Å². The van der Waals surface area contributed by atoms with Gasteiger partial charge in [-0.2, -0.15) is 0 Å². The van der Waals surface area contributed by atoms with Crippen LogP contribution in [0.5, 0.6) is 0 Å². The van der Waals surface area contributed by atoms with Gasteiger partial charge in [-0.05, 0) is 31.1 Å². The van der Waals surface area contributed by atoms with Crippen molar-refractivity contribution in [3.63, 3.8) is 0 Å². The Morgan fingerprint density at radius 1 is 1.06 bits per heavy atom. The lowest BCUT2D eigenvalue weighted by Gasteiger charge is -2.33. The van der Waals surface area contributed by atoms with E-state index in [0.29, 0.717) is 24.7 Å². The molecule has 99 valence electrons. The van der Waals surface area contributed by atoms with Crippen LogP contribution in [0.2, 0.25) is 0 Å². The van der Waals surface area contributed by atoms with Crippen LogP contribution in [0.15, 0.2) is 0 Å². The Morgan fingerprint density at radius 2 is 1.53 bits per heavy atom. The number of hydrogen-bond acceptors (Lipinski definition) is 2. The van der Waals surface area contributed by atoms with E-state index in [2.05, 4.69) is 13.8 Å². The first-order chi connectivity index (χ1) is 6.93. The second kappa shape index (κ2) is 7.70. The molecule has 0 aromatic carbocycles. The van der Waals surface area contributed by atoms with Gasteiger partial charge in [-0.3, -0.25) is 9.59 Å². The predicted molar refractivity (Wildman–Crippen MR) is 66.6 cm³/mol. The Bertz CT molecular complexity index is 267. The standard InChI is InChI=1S/C11H18O4.Al.H2O.2H/c1-6(2)7-3-4-8(10(12)13)9(5-7)11(14)15;;;;/h6-9H,3-5H2,1-2H3,(H,12,13)(H,14,15);;1H2;;. The van der Waals surface area contributed by atoms with E-state index >= 15 is 0 Å². The van der Waals surface area contributed by atoms with Crippen LogP contribution >= 0.6 is 0 Å². The second-order valence-corrected chi connectivity index (χ2v) is 4.71. The third-order valence-corrected chi connectivity index (χ3v) is 3.47. The molecule has 5 nitrogen and oxygen atoms in total. The molecule has 0 aromatic heterocycles. The Balaban J connectivity index is 0. The summed E-state index contributed by atoms with van der Waals surface area (Å²) in [5.41, 5.74) is 0. The maximum Gasteiger partial charge on any atom is 0.307 e. The number of carbonyl (C=O) groups is 2. The molecule has 1 aliphatic rings. The van der Waals surface area contributed by atoms with Crippen molar-refractivity contribution in [2.24, 2.45) is 23.7 Å². The highest BCUT2D eigenvalue weighted by Crippen LogP contribution is 2.37. The number of carboxylic acids is 2. The van der Waals surface area contributed by atoms with Gasteiger partial charge in [0.05, 0.1) is 11.8 Å². The first-order valence-electron chi connectivity index (χ1n) is 5.39. The first-order valence-corrected chi connectivity index (χ1v) is 5.39. The molecular weight excluding hydrogens is 239 g/mol. The lowest BCUT2D eigenvalue weighted by atomic mass is 9.70. The summed E-state index contributed by atoms with van der Waals surface area (Å²) in [5.74, 6) is -2.55. The number of aliphatic carboxylic acids is 2. The smallest absolute Gasteiger partial charge is 0.307 e. The van der Waals surface area contributed by atoms with E-state index < -0.39 is 23.8 Å². The van der Waals surface area contributed by atoms with Gasteiger partial charge in [-0.1, -0.05) is 13.8 Å². The van der Waals surface area contributed by atoms with Gasteiger partial charge in [-0.15, -0.1) is 0 Å². The van der Waals surface area contributed by atoms with E-state index in [4.69, 9.17) is 10.2 Å². The predicted octanol–water partition coefficient (Wildman–Crippen LogP) is 0.103. The molecule has 0 heterocycles. The fourth-order valence-corrected chi connectivity index (χ4v) is 2.38. The van der Waals surface area contributed by atoms with Gasteiger partial charge in [0, 0.05) is 0 Å². The minimum Gasteiger partial charge on any atom is -0.481 e. The van der Waals surface area contributed by atoms with Crippen molar-refractivity contribution in [3.8, 4) is 0 Å². The molecule has 0 bridgehead atoms. The van der Waals surface area contributed by atoms with Crippen molar-refractivity contribution in [3.05, 3.63) is 0 Å². The largest absolute Gasteiger partial charge is 0.481 e. The minimum atomic E-state index is -0.968. The van der Waals surface area contributed by atoms with Crippen LogP contribution in [0.3, 0.4) is 0 Å². The summed E-state index contributed by atoms with van der Waals surface area (Å²) in [7, 11) is 0. The van der Waals surface area contributed by atoms with Gasteiger partial charge in [-0.25, -0.2) is 0 Å². The lowest BCUT2D eigenvalue weighted by molar-refractivity contribution is -0.157. The molecule has 0 saturated heterocycles. The fourth-order valence-electron chi connectivity index (χ4n) is 2.38. The summed E-state index contributed by atoms with van der Waals surface area (Å²) >= 11 is 0. The Morgan fingerprint density at radius 3 is 1.88 bits per heavy atom. The van der Waals surface area contributed by atoms with Crippen LogP contribution in [-0.2, 0) is 9.59 Å². The van der Waals surface area contributed by atoms with E-state index in [1.54, 1.807) is 0 Å². The number of hydrogen-bond donors (Lipinski definition) is 2. The van der Waals surface area contributed by atoms with Gasteiger partial charge in [0.15, 0.2) is 0 Å². The van der Waals surface area contributed by atoms with Crippen LogP contribution in [0, 0.1) is 23.7 Å². The summed E-state index contributed by atoms with van der Waals surface area (Å²) in [5, 5.41) is 17.9. The molecule has 1 rings (SSSR count). The maximum atomic E-state index is 11.0. The quantitative estimate of drug-likeness (QED) is 0.703. The molecule has 1 saturated carbocycles. The summed E-state index contributed by atoms with van der Waals surface area (Å²) in [6, 6.07) is 0. The van der Waals surface area contributed by atoms with Crippen molar-refractivity contribution < 1.29 is 25.3 Å². The van der Waals surface area contributed by atoms with Crippen molar-refractivity contribution in [2.45, 2.75) is 33.1 Å². The zero-order chi connectivity index (χ0) is 11.6. The van der Waals surface area contributed by atoms with E-state index in [1.165, 1.54) is 0 Å². The lowest BCUT2D eigenvalue weighted by Crippen LogP contribution is -2.36. The van der Waals surface area contributed by atoms with E-state index in [9.17, 15) is 9.59 Å². The van der Waals surface area contributed by atoms with E-state index in [0.717, 1.165) is 6.42 Å². The van der Waals surface area contributed by atoms with Gasteiger partial charge < -0.3 is 15.7 Å². The van der Waals surface area contributed by atoms with Crippen LogP contribution in [0.4, 0.5) is 0 Å². The van der Waals surface area contributed by atoms with Crippen LogP contribution in [0.1, 0.15) is 33.1 Å². The summed E-state index contributed by atoms with van der Waals surface area (Å²) < 4.78 is 0. The van der Waals surface area contributed by atoms with E-state index in [1.807, 2.05) is 0 Å². The molecule has 3 atom stereocenters. The molecule has 0 aromatic rings. The van der Waals surface area contributed by atoms with Gasteiger partial charge in [0.1, 0.15) is 17.4 Å². The third kappa shape index (κ3) is 4.66. The zero-order valence-electron chi connectivity index (χ0n) is 10.6. The van der Waals surface area contributed by atoms with Crippen molar-refractivity contribution in [1.82, 2.24) is 0 Å². The Kier molecular flexibility index (Phi) is 8.51. The molecular formula is C11H22AlO5. The van der Waals surface area contributed by atoms with Crippen LogP contribution in [-0.4, -0.2) is 45.0 Å². The summed E-state index contributed by atoms with van der Waals surface area (Å²) in [6.45, 7) is 4.12. The van der Waals surface area contributed by atoms with Gasteiger partial charge in [0.25, 0.3) is 0 Å². The topological polar surface area (TPSA) is 106 Å². The first kappa shape index (κ1) is 18.8. The number of rotatable bonds is 3. The molecule has 4 N–H and O–H groups in total. The maximum absolute atomic E-state index is 11.0. The normalized spacial score (nSPS) is 27.8. The minimum absolute atomic E-state index is 0. The van der Waals surface area contributed by atoms with Crippen LogP contribution in [0.25, 0.3) is 0 Å². The molecule has 1 aliphatic carbocycles. The molecule has 17 heavy (non-hydrogen) atoms. The number of carboxylic acid groups (broad SMARTS) is 2. The monoisotopic (exact) mass is 261 g/mol. The average molecular weight is 261 g/mol. The zero-order valence-corrected chi connectivity index (χ0v) is 12.6. The molecule has 1 radical (unpaired) electrons.